The van der Waals surface area contributed by atoms with Gasteiger partial charge in [-0.15, -0.1) is 0 Å². The predicted molar refractivity (Wildman–Crippen MR) is 66.0 cm³/mol. The van der Waals surface area contributed by atoms with Gasteiger partial charge in [0.25, 0.3) is 0 Å². The summed E-state index contributed by atoms with van der Waals surface area (Å²) in [5, 5.41) is 3.12. The van der Waals surface area contributed by atoms with Crippen molar-refractivity contribution in [2.24, 2.45) is 16.1 Å². The average molecular weight is 211 g/mol. The Bertz CT molecular complexity index is 205. The van der Waals surface area contributed by atoms with Gasteiger partial charge in [-0.05, 0) is 24.7 Å². The minimum absolute atomic E-state index is 0.400. The van der Waals surface area contributed by atoms with Crippen molar-refractivity contribution in [3.8, 4) is 0 Å². The minimum atomic E-state index is 0.400. The smallest absolute Gasteiger partial charge is 0.188 e. The molecule has 3 N–H and O–H groups in total. The second-order valence-electron chi connectivity index (χ2n) is 5.00. The normalized spacial score (nSPS) is 21.3. The summed E-state index contributed by atoms with van der Waals surface area (Å²) in [6.45, 7) is 6.27. The summed E-state index contributed by atoms with van der Waals surface area (Å²) in [7, 11) is 0. The molecule has 0 aromatic heterocycles. The number of nitrogens with one attached hydrogen (secondary N) is 1. The number of guanidine groups is 1. The second-order valence-corrected chi connectivity index (χ2v) is 5.00. The lowest BCUT2D eigenvalue weighted by Gasteiger charge is -2.31. The maximum absolute atomic E-state index is 5.77. The maximum atomic E-state index is 5.77. The van der Waals surface area contributed by atoms with Crippen LogP contribution in [0.1, 0.15) is 52.4 Å². The monoisotopic (exact) mass is 211 g/mol. The molecule has 0 aliphatic heterocycles. The van der Waals surface area contributed by atoms with E-state index in [2.05, 4.69) is 24.2 Å². The molecule has 3 nitrogen and oxygen atoms in total. The summed E-state index contributed by atoms with van der Waals surface area (Å²) in [5.41, 5.74) is 6.17. The maximum Gasteiger partial charge on any atom is 0.188 e. The van der Waals surface area contributed by atoms with Crippen LogP contribution in [-0.4, -0.2) is 19.0 Å². The van der Waals surface area contributed by atoms with Gasteiger partial charge < -0.3 is 11.1 Å². The number of hydrogen-bond acceptors (Lipinski definition) is 1. The highest BCUT2D eigenvalue weighted by Crippen LogP contribution is 2.35. The predicted octanol–water partition coefficient (Wildman–Crippen LogP) is 2.27. The molecular formula is C12H25N3. The van der Waals surface area contributed by atoms with Gasteiger partial charge in [0.1, 0.15) is 0 Å². The fourth-order valence-corrected chi connectivity index (χ4v) is 2.15. The highest BCUT2D eigenvalue weighted by molar-refractivity contribution is 5.77. The third-order valence-corrected chi connectivity index (χ3v) is 3.25. The molecule has 1 saturated carbocycles. The van der Waals surface area contributed by atoms with E-state index in [-0.39, 0.29) is 0 Å². The Kier molecular flexibility index (Phi) is 4.92. The van der Waals surface area contributed by atoms with Crippen molar-refractivity contribution in [3.63, 3.8) is 0 Å². The van der Waals surface area contributed by atoms with Crippen LogP contribution in [0.15, 0.2) is 4.99 Å². The van der Waals surface area contributed by atoms with Crippen LogP contribution in [0.5, 0.6) is 0 Å². The summed E-state index contributed by atoms with van der Waals surface area (Å²) >= 11 is 0. The summed E-state index contributed by atoms with van der Waals surface area (Å²) in [4.78, 5) is 4.44. The second kappa shape index (κ2) is 5.99. The van der Waals surface area contributed by atoms with E-state index in [1.54, 1.807) is 0 Å². The van der Waals surface area contributed by atoms with E-state index in [0.717, 1.165) is 19.5 Å². The topological polar surface area (TPSA) is 50.4 Å². The molecule has 0 aromatic rings. The molecule has 1 rings (SSSR count). The summed E-state index contributed by atoms with van der Waals surface area (Å²) < 4.78 is 0. The number of hydrogen-bond donors (Lipinski definition) is 2. The van der Waals surface area contributed by atoms with Crippen LogP contribution in [-0.2, 0) is 0 Å². The van der Waals surface area contributed by atoms with Crippen molar-refractivity contribution in [3.05, 3.63) is 0 Å². The first-order valence-electron chi connectivity index (χ1n) is 6.20. The van der Waals surface area contributed by atoms with Crippen LogP contribution < -0.4 is 11.1 Å². The van der Waals surface area contributed by atoms with Gasteiger partial charge in [0.05, 0.1) is 0 Å². The lowest BCUT2D eigenvalue weighted by atomic mass is 9.76. The van der Waals surface area contributed by atoms with Gasteiger partial charge >= 0.3 is 0 Å². The molecular weight excluding hydrogens is 186 g/mol. The standard InChI is InChI=1S/C12H25N3/c1-3-9-14-11(13)15-10-12(2)7-5-4-6-8-12/h3-10H2,1-2H3,(H3,13,14,15). The third kappa shape index (κ3) is 4.54. The van der Waals surface area contributed by atoms with Crippen molar-refractivity contribution in [2.45, 2.75) is 52.4 Å². The molecule has 3 heteroatoms. The number of rotatable bonds is 4. The summed E-state index contributed by atoms with van der Waals surface area (Å²) in [5.74, 6) is 0.614. The van der Waals surface area contributed by atoms with E-state index in [1.165, 1.54) is 32.1 Å². The Balaban J connectivity index is 2.32. The van der Waals surface area contributed by atoms with Crippen molar-refractivity contribution in [1.82, 2.24) is 5.32 Å². The van der Waals surface area contributed by atoms with E-state index in [0.29, 0.717) is 11.4 Å². The first-order chi connectivity index (χ1) is 7.16. The molecule has 0 atom stereocenters. The molecule has 0 amide bonds. The van der Waals surface area contributed by atoms with Crippen molar-refractivity contribution in [2.75, 3.05) is 13.1 Å². The lowest BCUT2D eigenvalue weighted by molar-refractivity contribution is 0.227. The molecule has 1 aliphatic rings. The highest BCUT2D eigenvalue weighted by atomic mass is 15.1. The van der Waals surface area contributed by atoms with E-state index in [1.807, 2.05) is 0 Å². The number of nitrogens with zero attached hydrogens (tertiary/aromatic N) is 1. The number of aliphatic imine (C=N–C) groups is 1. The van der Waals surface area contributed by atoms with Crippen LogP contribution in [0, 0.1) is 5.41 Å². The Labute approximate surface area is 93.5 Å². The van der Waals surface area contributed by atoms with E-state index in [4.69, 9.17) is 5.73 Å². The van der Waals surface area contributed by atoms with E-state index in [9.17, 15) is 0 Å². The summed E-state index contributed by atoms with van der Waals surface area (Å²) in [6, 6.07) is 0. The molecule has 0 heterocycles. The molecule has 0 unspecified atom stereocenters. The molecule has 0 bridgehead atoms. The molecule has 0 spiro atoms. The van der Waals surface area contributed by atoms with Gasteiger partial charge in [0.15, 0.2) is 5.96 Å². The largest absolute Gasteiger partial charge is 0.370 e. The fourth-order valence-electron chi connectivity index (χ4n) is 2.15. The van der Waals surface area contributed by atoms with Crippen molar-refractivity contribution >= 4 is 5.96 Å². The summed E-state index contributed by atoms with van der Waals surface area (Å²) in [6.07, 6.45) is 7.80. The van der Waals surface area contributed by atoms with E-state index >= 15 is 0 Å². The van der Waals surface area contributed by atoms with Gasteiger partial charge in [0, 0.05) is 13.1 Å². The van der Waals surface area contributed by atoms with Crippen LogP contribution in [0.4, 0.5) is 0 Å². The zero-order valence-electron chi connectivity index (χ0n) is 10.2. The van der Waals surface area contributed by atoms with Gasteiger partial charge in [-0.25, -0.2) is 0 Å². The van der Waals surface area contributed by atoms with Gasteiger partial charge in [0.2, 0.25) is 0 Å². The van der Waals surface area contributed by atoms with Crippen molar-refractivity contribution in [1.29, 1.82) is 0 Å². The third-order valence-electron chi connectivity index (χ3n) is 3.25. The molecule has 1 fully saturated rings. The Hall–Kier alpha value is -0.730. The van der Waals surface area contributed by atoms with Gasteiger partial charge in [-0.2, -0.15) is 0 Å². The fraction of sp³-hybridized carbons (Fsp3) is 0.917. The van der Waals surface area contributed by atoms with Crippen LogP contribution in [0.25, 0.3) is 0 Å². The molecule has 0 aromatic carbocycles. The highest BCUT2D eigenvalue weighted by Gasteiger charge is 2.26. The first-order valence-corrected chi connectivity index (χ1v) is 6.20. The SMILES string of the molecule is CCCNC(N)=NCC1(C)CCCCC1. The molecule has 88 valence electrons. The zero-order valence-corrected chi connectivity index (χ0v) is 10.2. The zero-order chi connectivity index (χ0) is 11.1. The first kappa shape index (κ1) is 12.3. The van der Waals surface area contributed by atoms with Crippen LogP contribution >= 0.6 is 0 Å². The number of nitrogens with two attached hydrogens (primary N) is 1. The average Bonchev–Trinajstić information content (AvgIpc) is 2.25. The quantitative estimate of drug-likeness (QED) is 0.553. The van der Waals surface area contributed by atoms with Gasteiger partial charge in [-0.3, -0.25) is 4.99 Å². The van der Waals surface area contributed by atoms with Gasteiger partial charge in [-0.1, -0.05) is 33.1 Å². The Morgan fingerprint density at radius 2 is 2.00 bits per heavy atom. The Morgan fingerprint density at radius 3 is 2.60 bits per heavy atom. The molecule has 0 saturated heterocycles. The van der Waals surface area contributed by atoms with E-state index < -0.39 is 0 Å². The molecule has 0 radical (unpaired) electrons. The molecule has 15 heavy (non-hydrogen) atoms. The molecule has 1 aliphatic carbocycles. The van der Waals surface area contributed by atoms with Crippen LogP contribution in [0.2, 0.25) is 0 Å². The minimum Gasteiger partial charge on any atom is -0.370 e. The van der Waals surface area contributed by atoms with Crippen LogP contribution in [0.3, 0.4) is 0 Å². The Morgan fingerprint density at radius 1 is 1.33 bits per heavy atom. The van der Waals surface area contributed by atoms with Crippen molar-refractivity contribution < 1.29 is 0 Å². The lowest BCUT2D eigenvalue weighted by Crippen LogP contribution is -2.34.